The lowest BCUT2D eigenvalue weighted by Crippen LogP contribution is -2.50. The van der Waals surface area contributed by atoms with Crippen molar-refractivity contribution in [2.45, 2.75) is 32.4 Å². The van der Waals surface area contributed by atoms with Gasteiger partial charge in [0.05, 0.1) is 5.41 Å². The predicted molar refractivity (Wildman–Crippen MR) is 81.0 cm³/mol. The molecule has 0 spiro atoms. The highest BCUT2D eigenvalue weighted by molar-refractivity contribution is 5.83. The van der Waals surface area contributed by atoms with Crippen molar-refractivity contribution in [1.82, 2.24) is 10.2 Å². The number of nitrogens with zero attached hydrogens (tertiary/aromatic N) is 1. The summed E-state index contributed by atoms with van der Waals surface area (Å²) >= 11 is 0. The Hall–Kier alpha value is -1.39. The van der Waals surface area contributed by atoms with Gasteiger partial charge in [0.15, 0.2) is 0 Å². The Morgan fingerprint density at radius 1 is 1.30 bits per heavy atom. The number of benzene rings is 1. The third-order valence-electron chi connectivity index (χ3n) is 4.23. The Labute approximate surface area is 121 Å². The zero-order valence-corrected chi connectivity index (χ0v) is 12.5. The molecule has 1 saturated carbocycles. The van der Waals surface area contributed by atoms with Gasteiger partial charge in [0.2, 0.25) is 5.91 Å². The fourth-order valence-electron chi connectivity index (χ4n) is 2.72. The van der Waals surface area contributed by atoms with Gasteiger partial charge in [-0.2, -0.15) is 0 Å². The van der Waals surface area contributed by atoms with Crippen molar-refractivity contribution in [3.8, 4) is 0 Å². The largest absolute Gasteiger partial charge is 0.351 e. The Bertz CT molecular complexity index is 461. The van der Waals surface area contributed by atoms with E-state index in [0.29, 0.717) is 13.1 Å². The van der Waals surface area contributed by atoms with Crippen LogP contribution in [0.5, 0.6) is 0 Å². The number of rotatable bonds is 6. The molecule has 20 heavy (non-hydrogen) atoms. The highest BCUT2D eigenvalue weighted by atomic mass is 16.2. The van der Waals surface area contributed by atoms with Crippen LogP contribution in [0.2, 0.25) is 0 Å². The van der Waals surface area contributed by atoms with E-state index in [4.69, 9.17) is 5.73 Å². The molecule has 1 aromatic rings. The minimum absolute atomic E-state index is 0.117. The molecule has 3 N–H and O–H groups in total. The van der Waals surface area contributed by atoms with E-state index >= 15 is 0 Å². The van der Waals surface area contributed by atoms with Crippen LogP contribution in [-0.2, 0) is 17.9 Å². The molecular formula is C16H25N3O. The molecule has 0 aliphatic heterocycles. The van der Waals surface area contributed by atoms with Gasteiger partial charge in [-0.05, 0) is 38.1 Å². The first-order chi connectivity index (χ1) is 9.57. The summed E-state index contributed by atoms with van der Waals surface area (Å²) in [6, 6.07) is 8.25. The van der Waals surface area contributed by atoms with Gasteiger partial charge >= 0.3 is 0 Å². The van der Waals surface area contributed by atoms with E-state index in [9.17, 15) is 4.79 Å². The summed E-state index contributed by atoms with van der Waals surface area (Å²) in [5.41, 5.74) is 7.91. The van der Waals surface area contributed by atoms with Crippen LogP contribution >= 0.6 is 0 Å². The van der Waals surface area contributed by atoms with E-state index < -0.39 is 0 Å². The number of amides is 1. The standard InChI is InChI=1S/C16H25N3O/c1-19(2)11-14-7-4-3-6-13(14)10-18-15(20)16(12-17)8-5-9-16/h3-4,6-7H,5,8-12,17H2,1-2H3,(H,18,20). The van der Waals surface area contributed by atoms with Crippen molar-refractivity contribution < 1.29 is 4.79 Å². The van der Waals surface area contributed by atoms with Gasteiger partial charge in [-0.1, -0.05) is 30.7 Å². The van der Waals surface area contributed by atoms with Crippen molar-refractivity contribution >= 4 is 5.91 Å². The summed E-state index contributed by atoms with van der Waals surface area (Å²) in [4.78, 5) is 14.4. The normalized spacial score (nSPS) is 16.8. The van der Waals surface area contributed by atoms with Crippen LogP contribution < -0.4 is 11.1 Å². The molecule has 0 unspecified atom stereocenters. The average molecular weight is 275 g/mol. The highest BCUT2D eigenvalue weighted by Crippen LogP contribution is 2.40. The molecular weight excluding hydrogens is 250 g/mol. The van der Waals surface area contributed by atoms with Crippen molar-refractivity contribution in [3.63, 3.8) is 0 Å². The highest BCUT2D eigenvalue weighted by Gasteiger charge is 2.42. The van der Waals surface area contributed by atoms with E-state index in [-0.39, 0.29) is 11.3 Å². The predicted octanol–water partition coefficient (Wildman–Crippen LogP) is 1.49. The minimum atomic E-state index is -0.295. The number of nitrogens with one attached hydrogen (secondary N) is 1. The van der Waals surface area contributed by atoms with E-state index in [0.717, 1.165) is 25.8 Å². The molecule has 4 nitrogen and oxygen atoms in total. The lowest BCUT2D eigenvalue weighted by Gasteiger charge is -2.39. The number of carbonyl (C=O) groups excluding carboxylic acids is 1. The van der Waals surface area contributed by atoms with Crippen LogP contribution in [0.25, 0.3) is 0 Å². The topological polar surface area (TPSA) is 58.4 Å². The zero-order valence-electron chi connectivity index (χ0n) is 12.5. The van der Waals surface area contributed by atoms with Gasteiger partial charge in [0, 0.05) is 19.6 Å². The summed E-state index contributed by atoms with van der Waals surface area (Å²) in [6.07, 6.45) is 2.96. The second-order valence-corrected chi connectivity index (χ2v) is 6.03. The van der Waals surface area contributed by atoms with Crippen LogP contribution in [0, 0.1) is 5.41 Å². The second kappa shape index (κ2) is 6.37. The molecule has 0 atom stereocenters. The van der Waals surface area contributed by atoms with Crippen LogP contribution in [0.3, 0.4) is 0 Å². The molecule has 0 radical (unpaired) electrons. The van der Waals surface area contributed by atoms with E-state index in [1.54, 1.807) is 0 Å². The van der Waals surface area contributed by atoms with Crippen molar-refractivity contribution in [1.29, 1.82) is 0 Å². The van der Waals surface area contributed by atoms with Gasteiger partial charge in [-0.25, -0.2) is 0 Å². The Balaban J connectivity index is 1.98. The molecule has 0 saturated heterocycles. The maximum absolute atomic E-state index is 12.3. The fourth-order valence-corrected chi connectivity index (χ4v) is 2.72. The van der Waals surface area contributed by atoms with Crippen molar-refractivity contribution in [2.24, 2.45) is 11.1 Å². The van der Waals surface area contributed by atoms with Gasteiger partial charge in [0.25, 0.3) is 0 Å². The number of carbonyl (C=O) groups is 1. The summed E-state index contributed by atoms with van der Waals surface area (Å²) in [6.45, 7) is 1.93. The average Bonchev–Trinajstić information content (AvgIpc) is 2.36. The Kier molecular flexibility index (Phi) is 4.78. The molecule has 110 valence electrons. The monoisotopic (exact) mass is 275 g/mol. The molecule has 1 aliphatic rings. The summed E-state index contributed by atoms with van der Waals surface area (Å²) < 4.78 is 0. The van der Waals surface area contributed by atoms with E-state index in [1.807, 2.05) is 26.2 Å². The molecule has 1 fully saturated rings. The fraction of sp³-hybridized carbons (Fsp3) is 0.562. The minimum Gasteiger partial charge on any atom is -0.351 e. The number of nitrogens with two attached hydrogens (primary N) is 1. The molecule has 4 heteroatoms. The van der Waals surface area contributed by atoms with Crippen LogP contribution in [-0.4, -0.2) is 31.4 Å². The Morgan fingerprint density at radius 2 is 1.95 bits per heavy atom. The van der Waals surface area contributed by atoms with Crippen LogP contribution in [0.4, 0.5) is 0 Å². The lowest BCUT2D eigenvalue weighted by atomic mass is 9.68. The van der Waals surface area contributed by atoms with Gasteiger partial charge < -0.3 is 16.0 Å². The third-order valence-corrected chi connectivity index (χ3v) is 4.23. The van der Waals surface area contributed by atoms with Gasteiger partial charge in [0.1, 0.15) is 0 Å². The van der Waals surface area contributed by atoms with Crippen molar-refractivity contribution in [3.05, 3.63) is 35.4 Å². The first-order valence-corrected chi connectivity index (χ1v) is 7.27. The van der Waals surface area contributed by atoms with Gasteiger partial charge in [-0.3, -0.25) is 4.79 Å². The molecule has 0 heterocycles. The molecule has 1 aliphatic carbocycles. The van der Waals surface area contributed by atoms with Crippen LogP contribution in [0.1, 0.15) is 30.4 Å². The van der Waals surface area contributed by atoms with Crippen LogP contribution in [0.15, 0.2) is 24.3 Å². The second-order valence-electron chi connectivity index (χ2n) is 6.03. The molecule has 0 aromatic heterocycles. The zero-order chi connectivity index (χ0) is 14.6. The third kappa shape index (κ3) is 3.19. The first kappa shape index (κ1) is 15.0. The number of hydrogen-bond acceptors (Lipinski definition) is 3. The van der Waals surface area contributed by atoms with E-state index in [1.165, 1.54) is 11.1 Å². The SMILES string of the molecule is CN(C)Cc1ccccc1CNC(=O)C1(CN)CCC1. The molecule has 2 rings (SSSR count). The van der Waals surface area contributed by atoms with Gasteiger partial charge in [-0.15, -0.1) is 0 Å². The first-order valence-electron chi connectivity index (χ1n) is 7.27. The smallest absolute Gasteiger partial charge is 0.227 e. The number of hydrogen-bond donors (Lipinski definition) is 2. The van der Waals surface area contributed by atoms with Crippen molar-refractivity contribution in [2.75, 3.05) is 20.6 Å². The Morgan fingerprint density at radius 3 is 2.45 bits per heavy atom. The summed E-state index contributed by atoms with van der Waals surface area (Å²) in [5.74, 6) is 0.117. The summed E-state index contributed by atoms with van der Waals surface area (Å²) in [7, 11) is 4.10. The molecule has 0 bridgehead atoms. The molecule has 1 aromatic carbocycles. The summed E-state index contributed by atoms with van der Waals surface area (Å²) in [5, 5.41) is 3.07. The quantitative estimate of drug-likeness (QED) is 0.827. The molecule has 1 amide bonds. The maximum atomic E-state index is 12.3. The maximum Gasteiger partial charge on any atom is 0.227 e. The van der Waals surface area contributed by atoms with E-state index in [2.05, 4.69) is 22.3 Å². The lowest BCUT2D eigenvalue weighted by molar-refractivity contribution is -0.135.